The van der Waals surface area contributed by atoms with Crippen LogP contribution in [0.4, 0.5) is 0 Å². The van der Waals surface area contributed by atoms with E-state index < -0.39 is 0 Å². The summed E-state index contributed by atoms with van der Waals surface area (Å²) < 4.78 is 0. The van der Waals surface area contributed by atoms with Gasteiger partial charge >= 0.3 is 0 Å². The van der Waals surface area contributed by atoms with E-state index >= 15 is 0 Å². The maximum atomic E-state index is 12.0. The first-order chi connectivity index (χ1) is 10.6. The Morgan fingerprint density at radius 2 is 2.23 bits per heavy atom. The number of amides is 1. The smallest absolute Gasteiger partial charge is 0.225 e. The Balaban J connectivity index is 1.90. The minimum Gasteiger partial charge on any atom is -0.356 e. The van der Waals surface area contributed by atoms with Gasteiger partial charge in [0, 0.05) is 29.4 Å². The SMILES string of the molecule is Cc1nc(-c2cccnc2)sc1CC(=O)NCCCN(C)C. The van der Waals surface area contributed by atoms with Gasteiger partial charge in [-0.05, 0) is 46.1 Å². The van der Waals surface area contributed by atoms with Crippen LogP contribution in [0.5, 0.6) is 0 Å². The van der Waals surface area contributed by atoms with Crippen molar-refractivity contribution in [3.05, 3.63) is 35.1 Å². The van der Waals surface area contributed by atoms with Crippen molar-refractivity contribution < 1.29 is 4.79 Å². The number of rotatable bonds is 7. The van der Waals surface area contributed by atoms with Crippen LogP contribution in [-0.4, -0.2) is 48.0 Å². The Morgan fingerprint density at radius 3 is 2.91 bits per heavy atom. The molecule has 0 saturated heterocycles. The van der Waals surface area contributed by atoms with Crippen LogP contribution in [0.3, 0.4) is 0 Å². The molecular formula is C16H22N4OS. The molecule has 2 heterocycles. The highest BCUT2D eigenvalue weighted by Crippen LogP contribution is 2.27. The van der Waals surface area contributed by atoms with Crippen LogP contribution in [0.15, 0.2) is 24.5 Å². The molecule has 0 bridgehead atoms. The van der Waals surface area contributed by atoms with Gasteiger partial charge in [-0.1, -0.05) is 0 Å². The van der Waals surface area contributed by atoms with Gasteiger partial charge in [-0.15, -0.1) is 11.3 Å². The first kappa shape index (κ1) is 16.6. The van der Waals surface area contributed by atoms with Crippen LogP contribution in [0, 0.1) is 6.92 Å². The number of aryl methyl sites for hydroxylation is 1. The number of nitrogens with one attached hydrogen (secondary N) is 1. The van der Waals surface area contributed by atoms with Gasteiger partial charge in [0.1, 0.15) is 5.01 Å². The van der Waals surface area contributed by atoms with Gasteiger partial charge in [-0.2, -0.15) is 0 Å². The molecule has 0 aliphatic rings. The standard InChI is InChI=1S/C16H22N4OS/c1-12-14(10-15(21)18-8-5-9-20(2)3)22-16(19-12)13-6-4-7-17-11-13/h4,6-7,11H,5,8-10H2,1-3H3,(H,18,21). The summed E-state index contributed by atoms with van der Waals surface area (Å²) >= 11 is 1.56. The number of thiazole rings is 1. The molecule has 0 aliphatic carbocycles. The predicted molar refractivity (Wildman–Crippen MR) is 90.0 cm³/mol. The average molecular weight is 318 g/mol. The van der Waals surface area contributed by atoms with Crippen LogP contribution >= 0.6 is 11.3 Å². The molecule has 2 aromatic heterocycles. The van der Waals surface area contributed by atoms with E-state index in [0.717, 1.165) is 34.1 Å². The van der Waals surface area contributed by atoms with Gasteiger partial charge in [0.25, 0.3) is 0 Å². The number of hydrogen-bond donors (Lipinski definition) is 1. The van der Waals surface area contributed by atoms with E-state index in [-0.39, 0.29) is 5.91 Å². The lowest BCUT2D eigenvalue weighted by Crippen LogP contribution is -2.28. The van der Waals surface area contributed by atoms with E-state index in [4.69, 9.17) is 0 Å². The van der Waals surface area contributed by atoms with Crippen molar-refractivity contribution in [1.82, 2.24) is 20.2 Å². The van der Waals surface area contributed by atoms with Crippen molar-refractivity contribution in [3.63, 3.8) is 0 Å². The molecule has 0 spiro atoms. The van der Waals surface area contributed by atoms with Crippen molar-refractivity contribution in [1.29, 1.82) is 0 Å². The number of pyridine rings is 1. The summed E-state index contributed by atoms with van der Waals surface area (Å²) in [6, 6.07) is 3.87. The van der Waals surface area contributed by atoms with Crippen LogP contribution in [-0.2, 0) is 11.2 Å². The summed E-state index contributed by atoms with van der Waals surface area (Å²) in [5.41, 5.74) is 1.92. The second-order valence-electron chi connectivity index (χ2n) is 5.45. The molecule has 22 heavy (non-hydrogen) atoms. The number of carbonyl (C=O) groups is 1. The Hall–Kier alpha value is -1.79. The fourth-order valence-electron chi connectivity index (χ4n) is 2.04. The molecule has 0 fully saturated rings. The van der Waals surface area contributed by atoms with E-state index in [9.17, 15) is 4.79 Å². The van der Waals surface area contributed by atoms with E-state index in [1.165, 1.54) is 0 Å². The number of aromatic nitrogens is 2. The first-order valence-corrected chi connectivity index (χ1v) is 8.16. The Labute approximate surface area is 135 Å². The Morgan fingerprint density at radius 1 is 1.41 bits per heavy atom. The maximum absolute atomic E-state index is 12.0. The van der Waals surface area contributed by atoms with Crippen LogP contribution in [0.25, 0.3) is 10.6 Å². The summed E-state index contributed by atoms with van der Waals surface area (Å²) in [6.07, 6.45) is 4.89. The molecule has 6 heteroatoms. The van der Waals surface area contributed by atoms with Gasteiger partial charge in [0.15, 0.2) is 0 Å². The average Bonchev–Trinajstić information content (AvgIpc) is 2.85. The lowest BCUT2D eigenvalue weighted by Gasteiger charge is -2.09. The van der Waals surface area contributed by atoms with Crippen molar-refractivity contribution in [2.75, 3.05) is 27.2 Å². The van der Waals surface area contributed by atoms with Gasteiger partial charge in [0.05, 0.1) is 12.1 Å². The zero-order valence-electron chi connectivity index (χ0n) is 13.3. The topological polar surface area (TPSA) is 58.1 Å². The second kappa shape index (κ2) is 8.00. The normalized spacial score (nSPS) is 10.9. The molecule has 1 amide bonds. The zero-order chi connectivity index (χ0) is 15.9. The summed E-state index contributed by atoms with van der Waals surface area (Å²) in [4.78, 5) is 23.8. The minimum atomic E-state index is 0.0586. The largest absolute Gasteiger partial charge is 0.356 e. The molecular weight excluding hydrogens is 296 g/mol. The summed E-state index contributed by atoms with van der Waals surface area (Å²) in [5.74, 6) is 0.0586. The van der Waals surface area contributed by atoms with Gasteiger partial charge in [0.2, 0.25) is 5.91 Å². The monoisotopic (exact) mass is 318 g/mol. The van der Waals surface area contributed by atoms with Gasteiger partial charge < -0.3 is 10.2 Å². The number of hydrogen-bond acceptors (Lipinski definition) is 5. The highest BCUT2D eigenvalue weighted by Gasteiger charge is 2.12. The van der Waals surface area contributed by atoms with Crippen molar-refractivity contribution in [2.24, 2.45) is 0 Å². The molecule has 0 saturated carbocycles. The van der Waals surface area contributed by atoms with E-state index in [1.807, 2.05) is 33.2 Å². The molecule has 0 atom stereocenters. The Bertz CT molecular complexity index is 610. The molecule has 0 radical (unpaired) electrons. The van der Waals surface area contributed by atoms with Crippen molar-refractivity contribution in [3.8, 4) is 10.6 Å². The quantitative estimate of drug-likeness (QED) is 0.795. The molecule has 5 nitrogen and oxygen atoms in total. The van der Waals surface area contributed by atoms with Crippen LogP contribution in [0.2, 0.25) is 0 Å². The van der Waals surface area contributed by atoms with Crippen LogP contribution < -0.4 is 5.32 Å². The zero-order valence-corrected chi connectivity index (χ0v) is 14.1. The summed E-state index contributed by atoms with van der Waals surface area (Å²) in [6.45, 7) is 3.64. The highest BCUT2D eigenvalue weighted by molar-refractivity contribution is 7.15. The summed E-state index contributed by atoms with van der Waals surface area (Å²) in [5, 5.41) is 3.88. The maximum Gasteiger partial charge on any atom is 0.225 e. The summed E-state index contributed by atoms with van der Waals surface area (Å²) in [7, 11) is 4.06. The molecule has 0 unspecified atom stereocenters. The molecule has 2 aromatic rings. The highest BCUT2D eigenvalue weighted by atomic mass is 32.1. The number of nitrogens with zero attached hydrogens (tertiary/aromatic N) is 3. The Kier molecular flexibility index (Phi) is 6.03. The third-order valence-corrected chi connectivity index (χ3v) is 4.43. The third-order valence-electron chi connectivity index (χ3n) is 3.23. The van der Waals surface area contributed by atoms with E-state index in [0.29, 0.717) is 13.0 Å². The number of carbonyl (C=O) groups excluding carboxylic acids is 1. The molecule has 0 aliphatic heterocycles. The molecule has 1 N–H and O–H groups in total. The predicted octanol–water partition coefficient (Wildman–Crippen LogP) is 2.12. The molecule has 0 aromatic carbocycles. The lowest BCUT2D eigenvalue weighted by molar-refractivity contribution is -0.120. The minimum absolute atomic E-state index is 0.0586. The van der Waals surface area contributed by atoms with Gasteiger partial charge in [-0.3, -0.25) is 9.78 Å². The van der Waals surface area contributed by atoms with Crippen molar-refractivity contribution in [2.45, 2.75) is 19.8 Å². The molecule has 2 rings (SSSR count). The third kappa shape index (κ3) is 4.89. The van der Waals surface area contributed by atoms with Gasteiger partial charge in [-0.25, -0.2) is 4.98 Å². The van der Waals surface area contributed by atoms with E-state index in [1.54, 1.807) is 23.7 Å². The fourth-order valence-corrected chi connectivity index (χ4v) is 3.09. The van der Waals surface area contributed by atoms with Crippen molar-refractivity contribution >= 4 is 17.2 Å². The first-order valence-electron chi connectivity index (χ1n) is 7.34. The van der Waals surface area contributed by atoms with E-state index in [2.05, 4.69) is 20.2 Å². The lowest BCUT2D eigenvalue weighted by atomic mass is 10.2. The fraction of sp³-hybridized carbons (Fsp3) is 0.438. The van der Waals surface area contributed by atoms with Crippen LogP contribution in [0.1, 0.15) is 17.0 Å². The molecule has 118 valence electrons. The second-order valence-corrected chi connectivity index (χ2v) is 6.54.